The SMILES string of the molecule is COc1ccc(CC2SC(S)NC2=O)c2c1N(CC(C)C)C(=O)CC2. The third kappa shape index (κ3) is 3.77. The molecular formula is C18H24N2O3S2. The van der Waals surface area contributed by atoms with Crippen LogP contribution in [0.1, 0.15) is 31.4 Å². The Hall–Kier alpha value is -1.34. The van der Waals surface area contributed by atoms with Gasteiger partial charge in [-0.1, -0.05) is 19.9 Å². The zero-order valence-electron chi connectivity index (χ0n) is 14.7. The lowest BCUT2D eigenvalue weighted by atomic mass is 9.92. The van der Waals surface area contributed by atoms with Gasteiger partial charge >= 0.3 is 0 Å². The number of carbonyl (C=O) groups is 2. The number of fused-ring (bicyclic) bond motifs is 1. The maximum absolute atomic E-state index is 12.5. The molecule has 1 N–H and O–H groups in total. The molecule has 2 aliphatic rings. The van der Waals surface area contributed by atoms with E-state index in [2.05, 4.69) is 31.8 Å². The van der Waals surface area contributed by atoms with Crippen LogP contribution >= 0.6 is 24.4 Å². The topological polar surface area (TPSA) is 58.6 Å². The van der Waals surface area contributed by atoms with Crippen molar-refractivity contribution in [3.63, 3.8) is 0 Å². The highest BCUT2D eigenvalue weighted by Gasteiger charge is 2.34. The lowest BCUT2D eigenvalue weighted by Crippen LogP contribution is -2.38. The lowest BCUT2D eigenvalue weighted by Gasteiger charge is -2.33. The molecule has 2 aliphatic heterocycles. The van der Waals surface area contributed by atoms with Crippen molar-refractivity contribution in [2.24, 2.45) is 5.92 Å². The number of anilines is 1. The van der Waals surface area contributed by atoms with E-state index in [0.29, 0.717) is 31.7 Å². The predicted octanol–water partition coefficient (Wildman–Crippen LogP) is 2.62. The van der Waals surface area contributed by atoms with Crippen molar-refractivity contribution < 1.29 is 14.3 Å². The third-order valence-corrected chi connectivity index (χ3v) is 6.11. The molecule has 0 spiro atoms. The molecule has 0 aliphatic carbocycles. The molecule has 0 saturated carbocycles. The highest BCUT2D eigenvalue weighted by Crippen LogP contribution is 2.41. The van der Waals surface area contributed by atoms with Gasteiger partial charge in [0.15, 0.2) is 0 Å². The van der Waals surface area contributed by atoms with E-state index in [1.54, 1.807) is 7.11 Å². The van der Waals surface area contributed by atoms with Crippen LogP contribution in [-0.2, 0) is 22.4 Å². The van der Waals surface area contributed by atoms with Crippen LogP contribution in [0.15, 0.2) is 12.1 Å². The molecule has 0 bridgehead atoms. The van der Waals surface area contributed by atoms with E-state index >= 15 is 0 Å². The van der Waals surface area contributed by atoms with Gasteiger partial charge in [-0.25, -0.2) is 0 Å². The highest BCUT2D eigenvalue weighted by molar-refractivity contribution is 8.11. The van der Waals surface area contributed by atoms with Gasteiger partial charge in [-0.15, -0.1) is 24.4 Å². The largest absolute Gasteiger partial charge is 0.495 e. The van der Waals surface area contributed by atoms with Gasteiger partial charge in [0.2, 0.25) is 11.8 Å². The number of carbonyl (C=O) groups excluding carboxylic acids is 2. The van der Waals surface area contributed by atoms with Crippen molar-refractivity contribution in [1.29, 1.82) is 0 Å². The predicted molar refractivity (Wildman–Crippen MR) is 105 cm³/mol. The summed E-state index contributed by atoms with van der Waals surface area (Å²) in [7, 11) is 1.63. The Morgan fingerprint density at radius 3 is 2.72 bits per heavy atom. The van der Waals surface area contributed by atoms with Crippen LogP contribution in [0.3, 0.4) is 0 Å². The molecule has 2 heterocycles. The summed E-state index contributed by atoms with van der Waals surface area (Å²) in [5.41, 5.74) is 3.14. The third-order valence-electron chi connectivity index (χ3n) is 4.53. The molecular weight excluding hydrogens is 356 g/mol. The molecule has 136 valence electrons. The van der Waals surface area contributed by atoms with Crippen molar-refractivity contribution >= 4 is 41.9 Å². The van der Waals surface area contributed by atoms with Crippen molar-refractivity contribution in [1.82, 2.24) is 5.32 Å². The Bertz CT molecular complexity index is 693. The van der Waals surface area contributed by atoms with Gasteiger partial charge in [0.25, 0.3) is 0 Å². The van der Waals surface area contributed by atoms with Crippen LogP contribution in [0.4, 0.5) is 5.69 Å². The van der Waals surface area contributed by atoms with Crippen LogP contribution in [-0.4, -0.2) is 35.4 Å². The van der Waals surface area contributed by atoms with Gasteiger partial charge in [0.05, 0.1) is 18.0 Å². The van der Waals surface area contributed by atoms with Gasteiger partial charge in [0, 0.05) is 13.0 Å². The molecule has 1 aromatic rings. The van der Waals surface area contributed by atoms with Gasteiger partial charge < -0.3 is 15.0 Å². The average Bonchev–Trinajstić information content (AvgIpc) is 2.87. The Morgan fingerprint density at radius 1 is 1.36 bits per heavy atom. The molecule has 0 aromatic heterocycles. The zero-order chi connectivity index (χ0) is 18.1. The summed E-state index contributed by atoms with van der Waals surface area (Å²) in [4.78, 5) is 26.4. The first kappa shape index (κ1) is 18.5. The number of rotatable bonds is 5. The summed E-state index contributed by atoms with van der Waals surface area (Å²) in [5.74, 6) is 1.26. The average molecular weight is 381 g/mol. The van der Waals surface area contributed by atoms with Gasteiger partial charge in [-0.05, 0) is 36.0 Å². The van der Waals surface area contributed by atoms with E-state index in [-0.39, 0.29) is 21.8 Å². The molecule has 5 nitrogen and oxygen atoms in total. The quantitative estimate of drug-likeness (QED) is 0.771. The first-order chi connectivity index (χ1) is 11.9. The fourth-order valence-corrected chi connectivity index (χ4v) is 4.97. The second-order valence-electron chi connectivity index (χ2n) is 6.84. The lowest BCUT2D eigenvalue weighted by molar-refractivity contribution is -0.120. The first-order valence-electron chi connectivity index (χ1n) is 8.53. The summed E-state index contributed by atoms with van der Waals surface area (Å²) >= 11 is 5.86. The van der Waals surface area contributed by atoms with E-state index in [0.717, 1.165) is 22.6 Å². The second-order valence-corrected chi connectivity index (χ2v) is 9.02. The van der Waals surface area contributed by atoms with E-state index in [9.17, 15) is 9.59 Å². The number of hydrogen-bond donors (Lipinski definition) is 2. The summed E-state index contributed by atoms with van der Waals surface area (Å²) in [6.07, 6.45) is 1.83. The van der Waals surface area contributed by atoms with Crippen molar-refractivity contribution in [3.05, 3.63) is 23.3 Å². The number of nitrogens with zero attached hydrogens (tertiary/aromatic N) is 1. The normalized spacial score (nSPS) is 23.0. The van der Waals surface area contributed by atoms with Crippen LogP contribution in [0.25, 0.3) is 0 Å². The summed E-state index contributed by atoms with van der Waals surface area (Å²) in [6, 6.07) is 3.94. The minimum atomic E-state index is -0.148. The molecule has 2 unspecified atom stereocenters. The molecule has 2 amide bonds. The zero-order valence-corrected chi connectivity index (χ0v) is 16.5. The van der Waals surface area contributed by atoms with Crippen LogP contribution < -0.4 is 15.0 Å². The molecule has 1 fully saturated rings. The minimum Gasteiger partial charge on any atom is -0.495 e. The Morgan fingerprint density at radius 2 is 2.12 bits per heavy atom. The molecule has 0 radical (unpaired) electrons. The number of amides is 2. The van der Waals surface area contributed by atoms with Crippen molar-refractivity contribution in [3.8, 4) is 5.75 Å². The van der Waals surface area contributed by atoms with Gasteiger partial charge in [0.1, 0.15) is 10.5 Å². The summed E-state index contributed by atoms with van der Waals surface area (Å²) in [5, 5.41) is 2.69. The number of hydrogen-bond acceptors (Lipinski definition) is 5. The molecule has 7 heteroatoms. The van der Waals surface area contributed by atoms with E-state index < -0.39 is 0 Å². The highest BCUT2D eigenvalue weighted by atomic mass is 32.2. The van der Waals surface area contributed by atoms with Crippen LogP contribution in [0, 0.1) is 5.92 Å². The number of methoxy groups -OCH3 is 1. The Kier molecular flexibility index (Phi) is 5.53. The first-order valence-corrected chi connectivity index (χ1v) is 9.99. The minimum absolute atomic E-state index is 0.0282. The van der Waals surface area contributed by atoms with Crippen LogP contribution in [0.5, 0.6) is 5.75 Å². The second kappa shape index (κ2) is 7.50. The summed E-state index contributed by atoms with van der Waals surface area (Å²) < 4.78 is 5.40. The molecule has 2 atom stereocenters. The Labute approximate surface area is 158 Å². The van der Waals surface area contributed by atoms with Crippen molar-refractivity contribution in [2.45, 2.75) is 43.1 Å². The molecule has 1 saturated heterocycles. The number of benzene rings is 1. The number of thiol groups is 1. The number of nitrogens with one attached hydrogen (secondary N) is 1. The maximum Gasteiger partial charge on any atom is 0.235 e. The van der Waals surface area contributed by atoms with Gasteiger partial charge in [-0.3, -0.25) is 9.59 Å². The summed E-state index contributed by atoms with van der Waals surface area (Å²) in [6.45, 7) is 4.87. The van der Waals surface area contributed by atoms with Gasteiger partial charge in [-0.2, -0.15) is 0 Å². The number of ether oxygens (including phenoxy) is 1. The molecule has 1 aromatic carbocycles. The fraction of sp³-hybridized carbons (Fsp3) is 0.556. The van der Waals surface area contributed by atoms with Crippen LogP contribution in [0.2, 0.25) is 0 Å². The van der Waals surface area contributed by atoms with E-state index in [4.69, 9.17) is 4.74 Å². The standard InChI is InChI=1S/C18H24N2O3S2/c1-10(2)9-20-15(21)7-5-12-11(4-6-13(23-3)16(12)20)8-14-17(22)19-18(24)25-14/h4,6,10,14,18,24H,5,7-9H2,1-3H3,(H,19,22). The smallest absolute Gasteiger partial charge is 0.235 e. The van der Waals surface area contributed by atoms with E-state index in [1.165, 1.54) is 11.8 Å². The monoisotopic (exact) mass is 380 g/mol. The Balaban J connectivity index is 1.98. The maximum atomic E-state index is 12.5. The van der Waals surface area contributed by atoms with Crippen molar-refractivity contribution in [2.75, 3.05) is 18.6 Å². The van der Waals surface area contributed by atoms with E-state index in [1.807, 2.05) is 17.0 Å². The molecule has 25 heavy (non-hydrogen) atoms. The molecule has 3 rings (SSSR count). The number of thioether (sulfide) groups is 1. The fourth-order valence-electron chi connectivity index (χ4n) is 3.44.